The van der Waals surface area contributed by atoms with Crippen LogP contribution in [0.15, 0.2) is 0 Å². The maximum Gasteiger partial charge on any atom is 0.0122 e. The summed E-state index contributed by atoms with van der Waals surface area (Å²) >= 11 is 0. The van der Waals surface area contributed by atoms with E-state index in [1.54, 1.807) is 0 Å². The number of hydrogen-bond donors (Lipinski definition) is 1. The maximum atomic E-state index is 5.28. The van der Waals surface area contributed by atoms with Gasteiger partial charge in [0.25, 0.3) is 0 Å². The normalized spacial score (nSPS) is 12.0. The fourth-order valence-corrected chi connectivity index (χ4v) is 0.401. The van der Waals surface area contributed by atoms with Gasteiger partial charge in [0, 0.05) is 5.54 Å². The van der Waals surface area contributed by atoms with Crippen LogP contribution in [0.3, 0.4) is 0 Å². The van der Waals surface area contributed by atoms with Gasteiger partial charge in [-0.25, -0.2) is 0 Å². The van der Waals surface area contributed by atoms with Gasteiger partial charge in [-0.15, -0.1) is 0 Å². The van der Waals surface area contributed by atoms with Gasteiger partial charge in [-0.1, -0.05) is 6.92 Å². The molecule has 0 aliphatic heterocycles. The minimum atomic E-state index is 0.217. The third-order valence-corrected chi connectivity index (χ3v) is 1.46. The van der Waals surface area contributed by atoms with Crippen molar-refractivity contribution in [3.8, 4) is 0 Å². The van der Waals surface area contributed by atoms with E-state index in [1.165, 1.54) is 0 Å². The number of nitrogens with one attached hydrogen (secondary N) is 1. The van der Waals surface area contributed by atoms with Crippen LogP contribution in [0.1, 0.15) is 27.2 Å². The highest BCUT2D eigenvalue weighted by Crippen LogP contribution is 2.04. The first-order valence-electron chi connectivity index (χ1n) is 3.07. The maximum absolute atomic E-state index is 5.28. The van der Waals surface area contributed by atoms with Crippen molar-refractivity contribution in [1.29, 1.82) is 0 Å². The Morgan fingerprint density at radius 2 is 2.00 bits per heavy atom. The Morgan fingerprint density at radius 3 is 2.12 bits per heavy atom. The molecule has 0 aliphatic carbocycles. The number of hydrogen-bond acceptors (Lipinski definition) is 1. The van der Waals surface area contributed by atoms with Gasteiger partial charge < -0.3 is 5.32 Å². The Hall–Kier alpha value is -0.0400. The van der Waals surface area contributed by atoms with Crippen LogP contribution in [0, 0.1) is 6.92 Å². The summed E-state index contributed by atoms with van der Waals surface area (Å²) in [6, 6.07) is 0. The molecule has 0 aromatic carbocycles. The highest BCUT2D eigenvalue weighted by atomic mass is 14.9. The van der Waals surface area contributed by atoms with Gasteiger partial charge >= 0.3 is 0 Å². The molecule has 0 heterocycles. The summed E-state index contributed by atoms with van der Waals surface area (Å²) in [7, 11) is 0. The van der Waals surface area contributed by atoms with Crippen molar-refractivity contribution in [3.63, 3.8) is 0 Å². The van der Waals surface area contributed by atoms with Gasteiger partial charge in [-0.05, 0) is 33.7 Å². The van der Waals surface area contributed by atoms with Crippen LogP contribution in [0.5, 0.6) is 0 Å². The predicted molar refractivity (Wildman–Crippen MR) is 36.7 cm³/mol. The van der Waals surface area contributed by atoms with E-state index in [1.807, 2.05) is 0 Å². The average molecular weight is 113 g/mol. The lowest BCUT2D eigenvalue weighted by atomic mass is 10.0. The standard InChI is InChI=1S/C7H15N/c1-5-7(3,4)8-6-2/h2,8H,5-6H2,1,3-4H3. The summed E-state index contributed by atoms with van der Waals surface area (Å²) in [6.07, 6.45) is 1.12. The van der Waals surface area contributed by atoms with E-state index < -0.39 is 0 Å². The van der Waals surface area contributed by atoms with Gasteiger partial charge in [0.2, 0.25) is 0 Å². The van der Waals surface area contributed by atoms with E-state index in [0.29, 0.717) is 6.54 Å². The van der Waals surface area contributed by atoms with Crippen molar-refractivity contribution in [1.82, 2.24) is 5.32 Å². The quantitative estimate of drug-likeness (QED) is 0.584. The van der Waals surface area contributed by atoms with Crippen molar-refractivity contribution in [2.24, 2.45) is 0 Å². The van der Waals surface area contributed by atoms with E-state index in [-0.39, 0.29) is 5.54 Å². The third-order valence-electron chi connectivity index (χ3n) is 1.46. The molecule has 0 rings (SSSR count). The molecule has 48 valence electrons. The van der Waals surface area contributed by atoms with E-state index in [4.69, 9.17) is 6.92 Å². The van der Waals surface area contributed by atoms with Crippen LogP contribution in [-0.4, -0.2) is 12.1 Å². The lowest BCUT2D eigenvalue weighted by Gasteiger charge is -2.22. The van der Waals surface area contributed by atoms with Gasteiger partial charge in [0.05, 0.1) is 0 Å². The lowest BCUT2D eigenvalue weighted by Crippen LogP contribution is -2.38. The minimum absolute atomic E-state index is 0.217. The molecule has 0 amide bonds. The highest BCUT2D eigenvalue weighted by Gasteiger charge is 2.10. The summed E-state index contributed by atoms with van der Waals surface area (Å²) in [4.78, 5) is 0. The molecule has 0 aliphatic rings. The molecule has 0 fully saturated rings. The first-order valence-corrected chi connectivity index (χ1v) is 3.07. The van der Waals surface area contributed by atoms with Crippen LogP contribution < -0.4 is 5.32 Å². The highest BCUT2D eigenvalue weighted by molar-refractivity contribution is 4.74. The average Bonchev–Trinajstić information content (AvgIpc) is 1.67. The summed E-state index contributed by atoms with van der Waals surface area (Å²) in [6.45, 7) is 12.3. The zero-order chi connectivity index (χ0) is 6.62. The Balaban J connectivity index is 3.37. The van der Waals surface area contributed by atoms with Gasteiger partial charge in [0.15, 0.2) is 0 Å². The molecule has 0 aromatic heterocycles. The molecule has 8 heavy (non-hydrogen) atoms. The second-order valence-electron chi connectivity index (χ2n) is 2.62. The van der Waals surface area contributed by atoms with Crippen LogP contribution in [0.4, 0.5) is 0 Å². The molecular formula is C7H15N. The second kappa shape index (κ2) is 3.08. The van der Waals surface area contributed by atoms with Crippen molar-refractivity contribution in [2.75, 3.05) is 6.54 Å². The van der Waals surface area contributed by atoms with Crippen LogP contribution in [0.2, 0.25) is 0 Å². The zero-order valence-corrected chi connectivity index (χ0v) is 5.99. The lowest BCUT2D eigenvalue weighted by molar-refractivity contribution is 0.394. The Bertz CT molecular complexity index is 57.4. The molecule has 0 saturated carbocycles. The smallest absolute Gasteiger partial charge is 0.0122 e. The molecule has 0 atom stereocenters. The van der Waals surface area contributed by atoms with Crippen molar-refractivity contribution < 1.29 is 0 Å². The van der Waals surface area contributed by atoms with Crippen LogP contribution in [-0.2, 0) is 0 Å². The van der Waals surface area contributed by atoms with E-state index in [9.17, 15) is 0 Å². The molecule has 1 nitrogen and oxygen atoms in total. The van der Waals surface area contributed by atoms with Crippen molar-refractivity contribution >= 4 is 0 Å². The molecule has 0 unspecified atom stereocenters. The third kappa shape index (κ3) is 3.03. The molecule has 0 spiro atoms. The van der Waals surface area contributed by atoms with Crippen molar-refractivity contribution in [3.05, 3.63) is 6.92 Å². The molecule has 2 radical (unpaired) electrons. The zero-order valence-electron chi connectivity index (χ0n) is 5.99. The van der Waals surface area contributed by atoms with Crippen LogP contribution in [0.25, 0.3) is 0 Å². The Labute approximate surface area is 52.5 Å². The molecule has 0 aromatic rings. The van der Waals surface area contributed by atoms with Gasteiger partial charge in [0.1, 0.15) is 0 Å². The number of rotatable bonds is 3. The van der Waals surface area contributed by atoms with Gasteiger partial charge in [-0.3, -0.25) is 0 Å². The van der Waals surface area contributed by atoms with E-state index in [2.05, 4.69) is 26.1 Å². The largest absolute Gasteiger partial charge is 0.312 e. The second-order valence-corrected chi connectivity index (χ2v) is 2.62. The van der Waals surface area contributed by atoms with Crippen LogP contribution >= 0.6 is 0 Å². The summed E-state index contributed by atoms with van der Waals surface area (Å²) in [5, 5.41) is 3.15. The Morgan fingerprint density at radius 1 is 1.50 bits per heavy atom. The molecule has 1 heteroatoms. The van der Waals surface area contributed by atoms with E-state index >= 15 is 0 Å². The minimum Gasteiger partial charge on any atom is -0.312 e. The topological polar surface area (TPSA) is 12.0 Å². The Kier molecular flexibility index (Phi) is 3.06. The van der Waals surface area contributed by atoms with Gasteiger partial charge in [-0.2, -0.15) is 0 Å². The molecule has 1 N–H and O–H groups in total. The SMILES string of the molecule is [CH]CNC(C)(C)CC. The van der Waals surface area contributed by atoms with E-state index in [0.717, 1.165) is 6.42 Å². The monoisotopic (exact) mass is 113 g/mol. The fourth-order valence-electron chi connectivity index (χ4n) is 0.401. The van der Waals surface area contributed by atoms with Crippen molar-refractivity contribution in [2.45, 2.75) is 32.7 Å². The summed E-state index contributed by atoms with van der Waals surface area (Å²) in [5.74, 6) is 0. The summed E-state index contributed by atoms with van der Waals surface area (Å²) in [5.41, 5.74) is 0.217. The predicted octanol–water partition coefficient (Wildman–Crippen LogP) is 1.48. The first-order chi connectivity index (χ1) is 3.62. The fraction of sp³-hybridized carbons (Fsp3) is 0.857. The first kappa shape index (κ1) is 7.96. The molecule has 0 bridgehead atoms. The molecular weight excluding hydrogens is 98.1 g/mol. The molecule has 0 saturated heterocycles. The summed E-state index contributed by atoms with van der Waals surface area (Å²) < 4.78 is 0.